The van der Waals surface area contributed by atoms with Gasteiger partial charge in [0.15, 0.2) is 5.78 Å². The molecule has 1 amide bonds. The summed E-state index contributed by atoms with van der Waals surface area (Å²) in [7, 11) is 0. The zero-order chi connectivity index (χ0) is 10.3. The van der Waals surface area contributed by atoms with Gasteiger partial charge in [0.25, 0.3) is 5.91 Å². The van der Waals surface area contributed by atoms with Crippen molar-refractivity contribution in [1.82, 2.24) is 5.32 Å². The maximum atomic E-state index is 12.4. The third kappa shape index (κ3) is 2.02. The fourth-order valence-corrected chi connectivity index (χ4v) is 1.02. The van der Waals surface area contributed by atoms with Gasteiger partial charge in [-0.2, -0.15) is 8.78 Å². The summed E-state index contributed by atoms with van der Waals surface area (Å²) in [5.74, 6) is -5.05. The molecule has 0 bridgehead atoms. The molecule has 0 saturated heterocycles. The average molecular weight is 191 g/mol. The molecule has 0 aliphatic heterocycles. The van der Waals surface area contributed by atoms with Crippen LogP contribution in [0.5, 0.6) is 0 Å². The second kappa shape index (κ2) is 2.75. The van der Waals surface area contributed by atoms with Gasteiger partial charge in [-0.05, 0) is 19.8 Å². The molecular formula is C8H11F2NO2. The molecule has 1 aliphatic carbocycles. The molecule has 0 radical (unpaired) electrons. The average Bonchev–Trinajstić information content (AvgIpc) is 2.66. The van der Waals surface area contributed by atoms with Crippen molar-refractivity contribution in [1.29, 1.82) is 0 Å². The highest BCUT2D eigenvalue weighted by molar-refractivity contribution is 5.95. The predicted molar refractivity (Wildman–Crippen MR) is 41.4 cm³/mol. The van der Waals surface area contributed by atoms with E-state index in [0.717, 1.165) is 0 Å². The number of nitrogens with one attached hydrogen (secondary N) is 1. The molecule has 0 aromatic rings. The van der Waals surface area contributed by atoms with E-state index < -0.39 is 17.4 Å². The molecule has 1 saturated carbocycles. The molecule has 74 valence electrons. The van der Waals surface area contributed by atoms with Gasteiger partial charge in [-0.25, -0.2) is 0 Å². The summed E-state index contributed by atoms with van der Waals surface area (Å²) in [5, 5.41) is 2.07. The zero-order valence-corrected chi connectivity index (χ0v) is 7.49. The second-order valence-corrected chi connectivity index (χ2v) is 3.48. The summed E-state index contributed by atoms with van der Waals surface area (Å²) in [6, 6.07) is 0. The number of ketones is 1. The zero-order valence-electron chi connectivity index (χ0n) is 7.49. The molecule has 0 aromatic carbocycles. The molecule has 1 fully saturated rings. The lowest BCUT2D eigenvalue weighted by Gasteiger charge is -2.17. The largest absolute Gasteiger partial charge is 0.338 e. The Hall–Kier alpha value is -1.00. The van der Waals surface area contributed by atoms with Gasteiger partial charge in [-0.3, -0.25) is 9.59 Å². The maximum absolute atomic E-state index is 12.4. The van der Waals surface area contributed by atoms with Crippen molar-refractivity contribution < 1.29 is 18.4 Å². The Balaban J connectivity index is 2.60. The first-order chi connectivity index (χ1) is 5.78. The Bertz CT molecular complexity index is 253. The van der Waals surface area contributed by atoms with Gasteiger partial charge < -0.3 is 5.32 Å². The molecule has 13 heavy (non-hydrogen) atoms. The van der Waals surface area contributed by atoms with Crippen LogP contribution in [0.25, 0.3) is 0 Å². The molecule has 0 heterocycles. The SMILES string of the molecule is CC(=O)C1(NC(=O)C(C)(F)F)CC1. The lowest BCUT2D eigenvalue weighted by atomic mass is 10.1. The number of Topliss-reactive ketones (excluding diaryl/α,β-unsaturated/α-hetero) is 1. The number of halogens is 2. The third-order valence-corrected chi connectivity index (χ3v) is 2.18. The quantitative estimate of drug-likeness (QED) is 0.719. The standard InChI is InChI=1S/C8H11F2NO2/c1-5(12)8(3-4-8)11-6(13)7(2,9)10/h3-4H2,1-2H3,(H,11,13). The van der Waals surface area contributed by atoms with Crippen LogP contribution < -0.4 is 5.32 Å². The van der Waals surface area contributed by atoms with Crippen LogP contribution >= 0.6 is 0 Å². The normalized spacial score (nSPS) is 19.4. The predicted octanol–water partition coefficient (Wildman–Crippen LogP) is 0.879. The van der Waals surface area contributed by atoms with Gasteiger partial charge >= 0.3 is 5.92 Å². The van der Waals surface area contributed by atoms with Crippen molar-refractivity contribution in [2.75, 3.05) is 0 Å². The summed E-state index contributed by atoms with van der Waals surface area (Å²) in [6.45, 7) is 1.81. The first kappa shape index (κ1) is 10.1. The van der Waals surface area contributed by atoms with Crippen molar-refractivity contribution in [2.24, 2.45) is 0 Å². The van der Waals surface area contributed by atoms with E-state index in [2.05, 4.69) is 5.32 Å². The molecule has 0 atom stereocenters. The highest BCUT2D eigenvalue weighted by Gasteiger charge is 2.51. The first-order valence-corrected chi connectivity index (χ1v) is 3.99. The molecule has 3 nitrogen and oxygen atoms in total. The molecule has 0 spiro atoms. The second-order valence-electron chi connectivity index (χ2n) is 3.48. The van der Waals surface area contributed by atoms with Gasteiger partial charge in [0.2, 0.25) is 0 Å². The number of hydrogen-bond acceptors (Lipinski definition) is 2. The van der Waals surface area contributed by atoms with E-state index in [0.29, 0.717) is 19.8 Å². The van der Waals surface area contributed by atoms with Crippen LogP contribution in [0.2, 0.25) is 0 Å². The maximum Gasteiger partial charge on any atom is 0.321 e. The topological polar surface area (TPSA) is 46.2 Å². The van der Waals surface area contributed by atoms with Gasteiger partial charge in [-0.1, -0.05) is 0 Å². The van der Waals surface area contributed by atoms with Gasteiger partial charge in [-0.15, -0.1) is 0 Å². The van der Waals surface area contributed by atoms with E-state index in [4.69, 9.17) is 0 Å². The fraction of sp³-hybridized carbons (Fsp3) is 0.750. The minimum atomic E-state index is -3.41. The van der Waals surface area contributed by atoms with Gasteiger partial charge in [0.05, 0.1) is 5.54 Å². The summed E-state index contributed by atoms with van der Waals surface area (Å²) in [5.41, 5.74) is -0.990. The number of hydrogen-bond donors (Lipinski definition) is 1. The minimum Gasteiger partial charge on any atom is -0.338 e. The van der Waals surface area contributed by atoms with E-state index in [1.807, 2.05) is 0 Å². The number of carbonyl (C=O) groups excluding carboxylic acids is 2. The number of amides is 1. The van der Waals surface area contributed by atoms with E-state index in [1.165, 1.54) is 6.92 Å². The van der Waals surface area contributed by atoms with Crippen molar-refractivity contribution in [3.63, 3.8) is 0 Å². The van der Waals surface area contributed by atoms with Crippen molar-refractivity contribution in [3.8, 4) is 0 Å². The van der Waals surface area contributed by atoms with Crippen molar-refractivity contribution in [2.45, 2.75) is 38.2 Å². The molecule has 5 heteroatoms. The Labute approximate surface area is 74.5 Å². The summed E-state index contributed by atoms with van der Waals surface area (Å²) >= 11 is 0. The smallest absolute Gasteiger partial charge is 0.321 e. The van der Waals surface area contributed by atoms with Crippen LogP contribution in [0.1, 0.15) is 26.7 Å². The Morgan fingerprint density at radius 1 is 1.38 bits per heavy atom. The molecule has 1 aliphatic rings. The Morgan fingerprint density at radius 2 is 1.85 bits per heavy atom. The van der Waals surface area contributed by atoms with E-state index in [9.17, 15) is 18.4 Å². The monoisotopic (exact) mass is 191 g/mol. The number of carbonyl (C=O) groups is 2. The van der Waals surface area contributed by atoms with Crippen LogP contribution in [-0.2, 0) is 9.59 Å². The minimum absolute atomic E-state index is 0.259. The first-order valence-electron chi connectivity index (χ1n) is 3.99. The summed E-state index contributed by atoms with van der Waals surface area (Å²) in [4.78, 5) is 21.7. The summed E-state index contributed by atoms with van der Waals surface area (Å²) < 4.78 is 24.8. The lowest BCUT2D eigenvalue weighted by Crippen LogP contribution is -2.48. The van der Waals surface area contributed by atoms with Crippen LogP contribution in [0, 0.1) is 0 Å². The van der Waals surface area contributed by atoms with E-state index in [-0.39, 0.29) is 5.78 Å². The molecule has 1 N–H and O–H groups in total. The highest BCUT2D eigenvalue weighted by Crippen LogP contribution is 2.36. The number of alkyl halides is 2. The molecule has 0 unspecified atom stereocenters. The molecular weight excluding hydrogens is 180 g/mol. The number of rotatable bonds is 3. The Morgan fingerprint density at radius 3 is 2.08 bits per heavy atom. The van der Waals surface area contributed by atoms with Gasteiger partial charge in [0.1, 0.15) is 0 Å². The van der Waals surface area contributed by atoms with Crippen molar-refractivity contribution >= 4 is 11.7 Å². The van der Waals surface area contributed by atoms with E-state index in [1.54, 1.807) is 0 Å². The van der Waals surface area contributed by atoms with Crippen LogP contribution in [0.15, 0.2) is 0 Å². The van der Waals surface area contributed by atoms with Crippen LogP contribution in [0.3, 0.4) is 0 Å². The van der Waals surface area contributed by atoms with E-state index >= 15 is 0 Å². The van der Waals surface area contributed by atoms with Gasteiger partial charge in [0, 0.05) is 6.92 Å². The molecule has 1 rings (SSSR count). The van der Waals surface area contributed by atoms with Crippen LogP contribution in [-0.4, -0.2) is 23.2 Å². The lowest BCUT2D eigenvalue weighted by molar-refractivity contribution is -0.145. The molecule has 0 aromatic heterocycles. The summed E-state index contributed by atoms with van der Waals surface area (Å²) in [6.07, 6.45) is 0.925. The Kier molecular flexibility index (Phi) is 2.13. The van der Waals surface area contributed by atoms with Crippen molar-refractivity contribution in [3.05, 3.63) is 0 Å². The third-order valence-electron chi connectivity index (χ3n) is 2.18. The fourth-order valence-electron chi connectivity index (χ4n) is 1.02. The van der Waals surface area contributed by atoms with Crippen LogP contribution in [0.4, 0.5) is 8.78 Å². The highest BCUT2D eigenvalue weighted by atomic mass is 19.3.